The zero-order chi connectivity index (χ0) is 29.1. The van der Waals surface area contributed by atoms with Crippen LogP contribution in [0.1, 0.15) is 63.4 Å². The Balaban J connectivity index is 1.06. The van der Waals surface area contributed by atoms with Crippen molar-refractivity contribution in [3.05, 3.63) is 114 Å². The van der Waals surface area contributed by atoms with Crippen molar-refractivity contribution in [3.63, 3.8) is 0 Å². The minimum absolute atomic E-state index is 0.0800. The van der Waals surface area contributed by atoms with Gasteiger partial charge in [-0.05, 0) is 123 Å². The van der Waals surface area contributed by atoms with E-state index in [4.69, 9.17) is 0 Å². The third-order valence-electron chi connectivity index (χ3n) is 8.29. The average Bonchev–Trinajstić information content (AvgIpc) is 3.41. The first-order chi connectivity index (χ1) is 20.5. The number of nitrogens with zero attached hydrogens (tertiary/aromatic N) is 2. The van der Waals surface area contributed by atoms with E-state index < -0.39 is 0 Å². The molecule has 214 valence electrons. The molecule has 0 atom stereocenters. The highest BCUT2D eigenvalue weighted by molar-refractivity contribution is 6.09. The van der Waals surface area contributed by atoms with Gasteiger partial charge in [0, 0.05) is 58.9 Å². The summed E-state index contributed by atoms with van der Waals surface area (Å²) >= 11 is 0. The highest BCUT2D eigenvalue weighted by Crippen LogP contribution is 2.27. The van der Waals surface area contributed by atoms with E-state index in [2.05, 4.69) is 34.2 Å². The lowest BCUT2D eigenvalue weighted by atomic mass is 9.98. The number of aromatic nitrogens is 1. The standard InChI is InChI=1S/C35H36N4O3/c1-2-39-32-6-4-3-5-26(32)23-33(39)35(42)37-29-13-9-25(10-14-29)34(41)24-7-11-27(12-8-24)36-28-15-17-30(18-16-28)38-21-19-31(40)20-22-38/h2,7-18,23,31,36,40H,1,3-6,19-22H2,(H,37,42). The van der Waals surface area contributed by atoms with Gasteiger partial charge in [-0.3, -0.25) is 9.59 Å². The summed E-state index contributed by atoms with van der Waals surface area (Å²) in [6, 6.07) is 24.7. The summed E-state index contributed by atoms with van der Waals surface area (Å²) in [7, 11) is 0. The number of anilines is 4. The van der Waals surface area contributed by atoms with E-state index in [0.29, 0.717) is 22.5 Å². The number of aryl methyl sites for hydroxylation is 1. The molecule has 0 unspecified atom stereocenters. The van der Waals surface area contributed by atoms with Crippen LogP contribution in [-0.2, 0) is 12.8 Å². The molecule has 3 aromatic carbocycles. The SMILES string of the molecule is C=Cn1c(C(=O)Nc2ccc(C(=O)c3ccc(Nc4ccc(N5CCC(O)CC5)cc4)cc3)cc2)cc2c1CCCC2. The minimum Gasteiger partial charge on any atom is -0.393 e. The van der Waals surface area contributed by atoms with Crippen LogP contribution in [0.15, 0.2) is 85.4 Å². The molecule has 0 radical (unpaired) electrons. The van der Waals surface area contributed by atoms with E-state index in [0.717, 1.165) is 68.7 Å². The number of fused-ring (bicyclic) bond motifs is 1. The van der Waals surface area contributed by atoms with Gasteiger partial charge >= 0.3 is 0 Å². The Morgan fingerprint density at radius 3 is 2.00 bits per heavy atom. The fraction of sp³-hybridized carbons (Fsp3) is 0.257. The van der Waals surface area contributed by atoms with Gasteiger partial charge in [-0.1, -0.05) is 6.58 Å². The van der Waals surface area contributed by atoms with E-state index in [1.807, 2.05) is 47.0 Å². The first-order valence-electron chi connectivity index (χ1n) is 14.7. The summed E-state index contributed by atoms with van der Waals surface area (Å²) in [6.45, 7) is 5.64. The van der Waals surface area contributed by atoms with Gasteiger partial charge in [0.15, 0.2) is 5.78 Å². The highest BCUT2D eigenvalue weighted by Gasteiger charge is 2.21. The van der Waals surface area contributed by atoms with Crippen molar-refractivity contribution in [1.82, 2.24) is 4.57 Å². The van der Waals surface area contributed by atoms with Gasteiger partial charge in [0.05, 0.1) is 6.10 Å². The fourth-order valence-corrected chi connectivity index (χ4v) is 5.92. The zero-order valence-electron chi connectivity index (χ0n) is 23.7. The number of aliphatic hydroxyl groups excluding tert-OH is 1. The normalized spacial score (nSPS) is 15.1. The molecular weight excluding hydrogens is 524 g/mol. The maximum atomic E-state index is 13.1. The molecule has 0 bridgehead atoms. The van der Waals surface area contributed by atoms with Crippen molar-refractivity contribution in [2.45, 2.75) is 44.6 Å². The van der Waals surface area contributed by atoms with Gasteiger partial charge in [-0.2, -0.15) is 0 Å². The summed E-state index contributed by atoms with van der Waals surface area (Å²) in [5.41, 5.74) is 7.78. The van der Waals surface area contributed by atoms with E-state index in [1.165, 1.54) is 11.3 Å². The molecule has 1 aliphatic heterocycles. The first-order valence-corrected chi connectivity index (χ1v) is 14.7. The van der Waals surface area contributed by atoms with Crippen LogP contribution >= 0.6 is 0 Å². The molecule has 0 saturated carbocycles. The molecule has 1 aliphatic carbocycles. The molecule has 0 spiro atoms. The van der Waals surface area contributed by atoms with Crippen molar-refractivity contribution < 1.29 is 14.7 Å². The quantitative estimate of drug-likeness (QED) is 0.210. The molecule has 1 saturated heterocycles. The van der Waals surface area contributed by atoms with Crippen LogP contribution in [0, 0.1) is 0 Å². The van der Waals surface area contributed by atoms with Crippen LogP contribution in [0.2, 0.25) is 0 Å². The number of nitrogens with one attached hydrogen (secondary N) is 2. The van der Waals surface area contributed by atoms with Gasteiger partial charge in [0.25, 0.3) is 5.91 Å². The van der Waals surface area contributed by atoms with Crippen LogP contribution in [0.5, 0.6) is 0 Å². The van der Waals surface area contributed by atoms with Crippen LogP contribution < -0.4 is 15.5 Å². The Morgan fingerprint density at radius 1 is 0.810 bits per heavy atom. The van der Waals surface area contributed by atoms with Crippen molar-refractivity contribution >= 4 is 40.6 Å². The lowest BCUT2D eigenvalue weighted by molar-refractivity contribution is 0.101. The summed E-state index contributed by atoms with van der Waals surface area (Å²) < 4.78 is 1.90. The smallest absolute Gasteiger partial charge is 0.272 e. The monoisotopic (exact) mass is 560 g/mol. The predicted molar refractivity (Wildman–Crippen MR) is 169 cm³/mol. The maximum absolute atomic E-state index is 13.1. The molecule has 2 heterocycles. The Kier molecular flexibility index (Phi) is 7.93. The first kappa shape index (κ1) is 27.5. The van der Waals surface area contributed by atoms with Crippen LogP contribution in [0.3, 0.4) is 0 Å². The number of piperidine rings is 1. The van der Waals surface area contributed by atoms with E-state index >= 15 is 0 Å². The van der Waals surface area contributed by atoms with Crippen LogP contribution in [-0.4, -0.2) is 40.6 Å². The van der Waals surface area contributed by atoms with Crippen molar-refractivity contribution in [2.75, 3.05) is 28.6 Å². The summed E-state index contributed by atoms with van der Waals surface area (Å²) in [6.07, 6.45) is 7.35. The molecule has 6 rings (SSSR count). The number of carbonyl (C=O) groups is 2. The minimum atomic E-state index is -0.188. The Hall–Kier alpha value is -4.62. The third-order valence-corrected chi connectivity index (χ3v) is 8.29. The van der Waals surface area contributed by atoms with E-state index in [9.17, 15) is 14.7 Å². The van der Waals surface area contributed by atoms with Gasteiger partial charge in [-0.25, -0.2) is 0 Å². The number of benzene rings is 3. The van der Waals surface area contributed by atoms with E-state index in [-0.39, 0.29) is 17.8 Å². The van der Waals surface area contributed by atoms with Gasteiger partial charge in [0.2, 0.25) is 0 Å². The number of aliphatic hydroxyl groups is 1. The number of hydrogen-bond acceptors (Lipinski definition) is 5. The summed E-state index contributed by atoms with van der Waals surface area (Å²) in [4.78, 5) is 28.5. The molecule has 7 heteroatoms. The number of hydrogen-bond donors (Lipinski definition) is 3. The van der Waals surface area contributed by atoms with Crippen molar-refractivity contribution in [2.24, 2.45) is 0 Å². The van der Waals surface area contributed by atoms with Gasteiger partial charge in [0.1, 0.15) is 5.69 Å². The average molecular weight is 561 g/mol. The second-order valence-electron chi connectivity index (χ2n) is 11.1. The fourth-order valence-electron chi connectivity index (χ4n) is 5.92. The second-order valence-corrected chi connectivity index (χ2v) is 11.1. The highest BCUT2D eigenvalue weighted by atomic mass is 16.3. The van der Waals surface area contributed by atoms with Crippen molar-refractivity contribution in [3.8, 4) is 0 Å². The predicted octanol–water partition coefficient (Wildman–Crippen LogP) is 6.66. The van der Waals surface area contributed by atoms with Crippen molar-refractivity contribution in [1.29, 1.82) is 0 Å². The van der Waals surface area contributed by atoms with Gasteiger partial charge < -0.3 is 25.2 Å². The zero-order valence-corrected chi connectivity index (χ0v) is 23.7. The molecule has 42 heavy (non-hydrogen) atoms. The Morgan fingerprint density at radius 2 is 1.38 bits per heavy atom. The second kappa shape index (κ2) is 12.1. The summed E-state index contributed by atoms with van der Waals surface area (Å²) in [5.74, 6) is -0.268. The number of carbonyl (C=O) groups excluding carboxylic acids is 2. The molecule has 3 N–H and O–H groups in total. The molecule has 1 fully saturated rings. The maximum Gasteiger partial charge on any atom is 0.272 e. The van der Waals surface area contributed by atoms with Crippen LogP contribution in [0.4, 0.5) is 22.7 Å². The summed E-state index contributed by atoms with van der Waals surface area (Å²) in [5, 5.41) is 16.1. The lowest BCUT2D eigenvalue weighted by Crippen LogP contribution is -2.35. The third kappa shape index (κ3) is 5.87. The molecule has 1 amide bonds. The number of rotatable bonds is 8. The van der Waals surface area contributed by atoms with E-state index in [1.54, 1.807) is 30.5 Å². The largest absolute Gasteiger partial charge is 0.393 e. The van der Waals surface area contributed by atoms with Gasteiger partial charge in [-0.15, -0.1) is 0 Å². The van der Waals surface area contributed by atoms with Crippen LogP contribution in [0.25, 0.3) is 6.20 Å². The lowest BCUT2D eigenvalue weighted by Gasteiger charge is -2.31. The molecule has 7 nitrogen and oxygen atoms in total. The topological polar surface area (TPSA) is 86.6 Å². The Bertz CT molecular complexity index is 1580. The molecular formula is C35H36N4O3. The number of ketones is 1. The molecule has 1 aromatic heterocycles. The Labute approximate surface area is 246 Å². The molecule has 2 aliphatic rings. The number of amides is 1. The molecule has 4 aromatic rings.